The summed E-state index contributed by atoms with van der Waals surface area (Å²) in [6.07, 6.45) is 0.578. The lowest BCUT2D eigenvalue weighted by molar-refractivity contribution is 0.0986. The molecule has 0 bridgehead atoms. The third-order valence-electron chi connectivity index (χ3n) is 5.00. The van der Waals surface area contributed by atoms with E-state index in [0.29, 0.717) is 6.42 Å². The Hall–Kier alpha value is -3.41. The van der Waals surface area contributed by atoms with Gasteiger partial charge in [-0.25, -0.2) is 4.79 Å². The molecule has 0 saturated carbocycles. The zero-order chi connectivity index (χ0) is 21.7. The van der Waals surface area contributed by atoms with E-state index < -0.39 is 22.9 Å². The first-order valence-corrected chi connectivity index (χ1v) is 10.1. The predicted octanol–water partition coefficient (Wildman–Crippen LogP) is 3.24. The van der Waals surface area contributed by atoms with Crippen LogP contribution in [-0.4, -0.2) is 20.0 Å². The van der Waals surface area contributed by atoms with Gasteiger partial charge in [-0.05, 0) is 23.5 Å². The van der Waals surface area contributed by atoms with Gasteiger partial charge >= 0.3 is 5.69 Å². The average Bonchev–Trinajstić information content (AvgIpc) is 2.72. The van der Waals surface area contributed by atoms with E-state index in [0.717, 1.165) is 20.3 Å². The largest absolute Gasteiger partial charge is 0.494 e. The van der Waals surface area contributed by atoms with Crippen molar-refractivity contribution in [3.8, 4) is 5.88 Å². The topological polar surface area (TPSA) is 81.3 Å². The second-order valence-corrected chi connectivity index (χ2v) is 7.78. The molecule has 156 valence electrons. The van der Waals surface area contributed by atoms with Gasteiger partial charge in [0, 0.05) is 13.0 Å². The molecule has 0 aliphatic rings. The summed E-state index contributed by atoms with van der Waals surface area (Å²) in [6.45, 7) is 4.25. The second-order valence-electron chi connectivity index (χ2n) is 7.78. The number of nitrogens with zero attached hydrogens (tertiary/aromatic N) is 2. The average molecular weight is 406 g/mol. The van der Waals surface area contributed by atoms with Gasteiger partial charge in [-0.3, -0.25) is 18.7 Å². The predicted molar refractivity (Wildman–Crippen MR) is 116 cm³/mol. The molecule has 0 aliphatic heterocycles. The molecule has 0 radical (unpaired) electrons. The Morgan fingerprint density at radius 2 is 1.47 bits per heavy atom. The van der Waals surface area contributed by atoms with E-state index in [2.05, 4.69) is 0 Å². The molecular weight excluding hydrogens is 380 g/mol. The molecule has 2 aromatic carbocycles. The van der Waals surface area contributed by atoms with E-state index in [-0.39, 0.29) is 31.0 Å². The van der Waals surface area contributed by atoms with Gasteiger partial charge in [-0.1, -0.05) is 74.5 Å². The van der Waals surface area contributed by atoms with Gasteiger partial charge in [0.05, 0.1) is 6.54 Å². The van der Waals surface area contributed by atoms with Gasteiger partial charge in [0.25, 0.3) is 5.56 Å². The van der Waals surface area contributed by atoms with Gasteiger partial charge in [0.1, 0.15) is 5.56 Å². The summed E-state index contributed by atoms with van der Waals surface area (Å²) in [6, 6.07) is 18.2. The fourth-order valence-corrected chi connectivity index (χ4v) is 3.30. The number of aromatic hydroxyl groups is 1. The number of benzene rings is 2. The van der Waals surface area contributed by atoms with Gasteiger partial charge in [0.2, 0.25) is 5.88 Å². The van der Waals surface area contributed by atoms with Crippen molar-refractivity contribution in [1.82, 2.24) is 9.13 Å². The van der Waals surface area contributed by atoms with Crippen LogP contribution >= 0.6 is 0 Å². The molecule has 0 aliphatic carbocycles. The Labute approximate surface area is 175 Å². The minimum Gasteiger partial charge on any atom is -0.494 e. The highest BCUT2D eigenvalue weighted by atomic mass is 16.3. The van der Waals surface area contributed by atoms with E-state index in [4.69, 9.17) is 0 Å². The maximum atomic E-state index is 13.0. The number of Topliss-reactive ketones (excluding diaryl/α,β-unsaturated/α-hetero) is 1. The molecule has 0 amide bonds. The number of rotatable bonds is 8. The molecular formula is C24H26N2O4. The minimum atomic E-state index is -0.733. The monoisotopic (exact) mass is 406 g/mol. The van der Waals surface area contributed by atoms with E-state index in [1.165, 1.54) is 0 Å². The van der Waals surface area contributed by atoms with E-state index >= 15 is 0 Å². The van der Waals surface area contributed by atoms with Crippen LogP contribution in [0, 0.1) is 5.92 Å². The summed E-state index contributed by atoms with van der Waals surface area (Å²) < 4.78 is 2.18. The summed E-state index contributed by atoms with van der Waals surface area (Å²) in [5.41, 5.74) is -0.166. The van der Waals surface area contributed by atoms with Crippen molar-refractivity contribution in [2.45, 2.75) is 39.8 Å². The number of ketones is 1. The molecule has 6 heteroatoms. The molecule has 1 N–H and O–H groups in total. The molecule has 0 atom stereocenters. The Kier molecular flexibility index (Phi) is 6.67. The fraction of sp³-hybridized carbons (Fsp3) is 0.292. The summed E-state index contributed by atoms with van der Waals surface area (Å²) >= 11 is 0. The maximum Gasteiger partial charge on any atom is 0.334 e. The molecule has 30 heavy (non-hydrogen) atoms. The zero-order valence-corrected chi connectivity index (χ0v) is 17.2. The van der Waals surface area contributed by atoms with Crippen molar-refractivity contribution < 1.29 is 9.90 Å². The van der Waals surface area contributed by atoms with Crippen LogP contribution in [0.25, 0.3) is 0 Å². The van der Waals surface area contributed by atoms with E-state index in [1.54, 1.807) is 24.3 Å². The van der Waals surface area contributed by atoms with Crippen LogP contribution in [0.5, 0.6) is 5.88 Å². The molecule has 0 unspecified atom stereocenters. The Balaban J connectivity index is 2.11. The first-order chi connectivity index (χ1) is 14.4. The van der Waals surface area contributed by atoms with Crippen molar-refractivity contribution in [1.29, 1.82) is 0 Å². The van der Waals surface area contributed by atoms with Gasteiger partial charge in [-0.15, -0.1) is 0 Å². The zero-order valence-electron chi connectivity index (χ0n) is 17.2. The smallest absolute Gasteiger partial charge is 0.334 e. The van der Waals surface area contributed by atoms with Crippen molar-refractivity contribution in [2.75, 3.05) is 0 Å². The van der Waals surface area contributed by atoms with Crippen molar-refractivity contribution in [2.24, 2.45) is 5.92 Å². The highest BCUT2D eigenvalue weighted by molar-refractivity contribution is 5.99. The van der Waals surface area contributed by atoms with Crippen LogP contribution in [0.15, 0.2) is 70.3 Å². The SMILES string of the molecule is CC(C)CCn1c(=O)c(C(=O)Cc2ccccc2)c(O)n(Cc2ccccc2)c1=O. The van der Waals surface area contributed by atoms with E-state index in [1.807, 2.05) is 50.2 Å². The summed E-state index contributed by atoms with van der Waals surface area (Å²) in [7, 11) is 0. The molecule has 0 saturated heterocycles. The van der Waals surface area contributed by atoms with Crippen LogP contribution in [0.1, 0.15) is 41.8 Å². The van der Waals surface area contributed by atoms with Crippen LogP contribution in [0.4, 0.5) is 0 Å². The number of hydrogen-bond donors (Lipinski definition) is 1. The first kappa shape index (κ1) is 21.3. The standard InChI is InChI=1S/C24H26N2O4/c1-17(2)13-14-25-22(28)21(20(27)15-18-9-5-3-6-10-18)23(29)26(24(25)30)16-19-11-7-4-8-12-19/h3-12,17,29H,13-16H2,1-2H3. The quantitative estimate of drug-likeness (QED) is 0.583. The van der Waals surface area contributed by atoms with Crippen LogP contribution < -0.4 is 11.2 Å². The second kappa shape index (κ2) is 9.39. The molecule has 1 heterocycles. The van der Waals surface area contributed by atoms with Crippen molar-refractivity contribution >= 4 is 5.78 Å². The molecule has 3 rings (SSSR count). The lowest BCUT2D eigenvalue weighted by Gasteiger charge is -2.16. The normalized spacial score (nSPS) is 11.0. The lowest BCUT2D eigenvalue weighted by Crippen LogP contribution is -2.43. The summed E-state index contributed by atoms with van der Waals surface area (Å²) in [4.78, 5) is 39.0. The van der Waals surface area contributed by atoms with Crippen molar-refractivity contribution in [3.05, 3.63) is 98.2 Å². The number of hydrogen-bond acceptors (Lipinski definition) is 4. The van der Waals surface area contributed by atoms with Crippen LogP contribution in [0.2, 0.25) is 0 Å². The first-order valence-electron chi connectivity index (χ1n) is 10.1. The van der Waals surface area contributed by atoms with Crippen LogP contribution in [0.3, 0.4) is 0 Å². The Bertz CT molecular complexity index is 1130. The molecule has 1 aromatic heterocycles. The maximum absolute atomic E-state index is 13.0. The molecule has 3 aromatic rings. The van der Waals surface area contributed by atoms with Gasteiger partial charge < -0.3 is 5.11 Å². The van der Waals surface area contributed by atoms with E-state index in [9.17, 15) is 19.5 Å². The Morgan fingerprint density at radius 3 is 2.03 bits per heavy atom. The highest BCUT2D eigenvalue weighted by Gasteiger charge is 2.24. The van der Waals surface area contributed by atoms with Crippen LogP contribution in [-0.2, 0) is 19.5 Å². The molecule has 0 fully saturated rings. The highest BCUT2D eigenvalue weighted by Crippen LogP contribution is 2.16. The molecule has 0 spiro atoms. The minimum absolute atomic E-state index is 0.0304. The lowest BCUT2D eigenvalue weighted by atomic mass is 10.0. The van der Waals surface area contributed by atoms with Gasteiger partial charge in [0.15, 0.2) is 5.78 Å². The van der Waals surface area contributed by atoms with Crippen molar-refractivity contribution in [3.63, 3.8) is 0 Å². The fourth-order valence-electron chi connectivity index (χ4n) is 3.30. The summed E-state index contributed by atoms with van der Waals surface area (Å²) in [5.74, 6) is -0.810. The third-order valence-corrected chi connectivity index (χ3v) is 5.00. The van der Waals surface area contributed by atoms with Gasteiger partial charge in [-0.2, -0.15) is 0 Å². The number of aromatic nitrogens is 2. The Morgan fingerprint density at radius 1 is 0.900 bits per heavy atom. The number of carbonyl (C=O) groups excluding carboxylic acids is 1. The third kappa shape index (κ3) is 4.76. The summed E-state index contributed by atoms with van der Waals surface area (Å²) in [5, 5.41) is 10.8. The number of carbonyl (C=O) groups is 1. The molecule has 6 nitrogen and oxygen atoms in total.